The molecule has 0 saturated heterocycles. The third kappa shape index (κ3) is 3.13. The number of ether oxygens (including phenoxy) is 1. The molecule has 0 radical (unpaired) electrons. The van der Waals surface area contributed by atoms with E-state index in [0.717, 1.165) is 6.08 Å². The molecule has 0 fully saturated rings. The fraction of sp³-hybridized carbons (Fsp3) is 0. The van der Waals surface area contributed by atoms with E-state index in [1.165, 1.54) is 0 Å². The molecule has 0 amide bonds. The molecule has 2 aromatic rings. The summed E-state index contributed by atoms with van der Waals surface area (Å²) in [6.45, 7) is 3.31. The van der Waals surface area contributed by atoms with Gasteiger partial charge in [0, 0.05) is 17.2 Å². The van der Waals surface area contributed by atoms with Crippen LogP contribution in [-0.2, 0) is 4.79 Å². The Morgan fingerprint density at radius 2 is 1.70 bits per heavy atom. The summed E-state index contributed by atoms with van der Waals surface area (Å²) in [5.41, 5.74) is 0.904. The summed E-state index contributed by atoms with van der Waals surface area (Å²) < 4.78 is 4.93. The van der Waals surface area contributed by atoms with Crippen molar-refractivity contribution in [3.63, 3.8) is 0 Å². The second-order valence-electron chi connectivity index (χ2n) is 3.96. The van der Waals surface area contributed by atoms with Crippen LogP contribution in [0, 0.1) is 0 Å². The predicted molar refractivity (Wildman–Crippen MR) is 77.2 cm³/mol. The lowest BCUT2D eigenvalue weighted by Gasteiger charge is -2.05. The highest BCUT2D eigenvalue weighted by atomic mass is 35.5. The second kappa shape index (κ2) is 6.17. The lowest BCUT2D eigenvalue weighted by atomic mass is 10.0. The van der Waals surface area contributed by atoms with Crippen molar-refractivity contribution in [1.29, 1.82) is 0 Å². The molecule has 2 rings (SSSR count). The van der Waals surface area contributed by atoms with E-state index in [-0.39, 0.29) is 5.78 Å². The molecule has 0 aromatic heterocycles. The normalized spacial score (nSPS) is 9.85. The van der Waals surface area contributed by atoms with E-state index in [0.29, 0.717) is 21.9 Å². The number of carbonyl (C=O) groups excluding carboxylic acids is 2. The number of benzene rings is 2. The van der Waals surface area contributed by atoms with Crippen LogP contribution < -0.4 is 4.74 Å². The van der Waals surface area contributed by atoms with Gasteiger partial charge in [-0.3, -0.25) is 4.79 Å². The minimum atomic E-state index is -0.546. The minimum Gasteiger partial charge on any atom is -0.423 e. The number of ketones is 1. The summed E-state index contributed by atoms with van der Waals surface area (Å²) in [5.74, 6) is -0.377. The van der Waals surface area contributed by atoms with Gasteiger partial charge in [-0.05, 0) is 36.4 Å². The van der Waals surface area contributed by atoms with Gasteiger partial charge in [-0.25, -0.2) is 4.79 Å². The standard InChI is InChI=1S/C16H11ClO3/c1-2-15(18)20-12-9-7-11(8-10-12)16(19)13-5-3-4-6-14(13)17/h2-10H,1H2. The summed E-state index contributed by atoms with van der Waals surface area (Å²) in [6, 6.07) is 13.1. The number of hydrogen-bond donors (Lipinski definition) is 0. The van der Waals surface area contributed by atoms with Crippen molar-refractivity contribution >= 4 is 23.4 Å². The fourth-order valence-corrected chi connectivity index (χ4v) is 1.85. The Balaban J connectivity index is 2.22. The van der Waals surface area contributed by atoms with Crippen LogP contribution in [0.25, 0.3) is 0 Å². The summed E-state index contributed by atoms with van der Waals surface area (Å²) in [7, 11) is 0. The van der Waals surface area contributed by atoms with Crippen LogP contribution in [0.3, 0.4) is 0 Å². The number of rotatable bonds is 4. The van der Waals surface area contributed by atoms with E-state index in [1.54, 1.807) is 48.5 Å². The second-order valence-corrected chi connectivity index (χ2v) is 4.37. The first-order valence-electron chi connectivity index (χ1n) is 5.85. The van der Waals surface area contributed by atoms with Gasteiger partial charge in [-0.15, -0.1) is 0 Å². The van der Waals surface area contributed by atoms with E-state index >= 15 is 0 Å². The molecule has 3 nitrogen and oxygen atoms in total. The van der Waals surface area contributed by atoms with Gasteiger partial charge in [0.15, 0.2) is 5.78 Å². The highest BCUT2D eigenvalue weighted by molar-refractivity contribution is 6.34. The molecule has 0 aliphatic rings. The molecular formula is C16H11ClO3. The Morgan fingerprint density at radius 1 is 1.05 bits per heavy atom. The smallest absolute Gasteiger partial charge is 0.335 e. The van der Waals surface area contributed by atoms with E-state index in [1.807, 2.05) is 0 Å². The van der Waals surface area contributed by atoms with Gasteiger partial charge in [0.2, 0.25) is 0 Å². The molecule has 100 valence electrons. The molecule has 0 aliphatic heterocycles. The van der Waals surface area contributed by atoms with Gasteiger partial charge >= 0.3 is 5.97 Å². The molecule has 20 heavy (non-hydrogen) atoms. The highest BCUT2D eigenvalue weighted by Crippen LogP contribution is 2.20. The Labute approximate surface area is 121 Å². The predicted octanol–water partition coefficient (Wildman–Crippen LogP) is 3.66. The zero-order valence-corrected chi connectivity index (χ0v) is 11.3. The summed E-state index contributed by atoms with van der Waals surface area (Å²) in [6.07, 6.45) is 1.07. The topological polar surface area (TPSA) is 43.4 Å². The quantitative estimate of drug-likeness (QED) is 0.373. The molecule has 0 saturated carbocycles. The van der Waals surface area contributed by atoms with Crippen LogP contribution in [0.1, 0.15) is 15.9 Å². The van der Waals surface area contributed by atoms with Crippen molar-refractivity contribution in [2.75, 3.05) is 0 Å². The number of carbonyl (C=O) groups is 2. The van der Waals surface area contributed by atoms with Crippen molar-refractivity contribution in [2.45, 2.75) is 0 Å². The third-order valence-corrected chi connectivity index (χ3v) is 2.95. The molecule has 0 unspecified atom stereocenters. The first kappa shape index (κ1) is 14.0. The molecular weight excluding hydrogens is 276 g/mol. The Morgan fingerprint density at radius 3 is 2.30 bits per heavy atom. The number of halogens is 1. The Hall–Kier alpha value is -2.39. The maximum absolute atomic E-state index is 12.2. The average molecular weight is 287 g/mol. The van der Waals surface area contributed by atoms with Crippen LogP contribution in [0.5, 0.6) is 5.75 Å². The molecule has 2 aromatic carbocycles. The van der Waals surface area contributed by atoms with E-state index in [9.17, 15) is 9.59 Å². The molecule has 0 aliphatic carbocycles. The minimum absolute atomic E-state index is 0.183. The van der Waals surface area contributed by atoms with Crippen LogP contribution in [-0.4, -0.2) is 11.8 Å². The average Bonchev–Trinajstić information content (AvgIpc) is 2.47. The van der Waals surface area contributed by atoms with Gasteiger partial charge in [-0.2, -0.15) is 0 Å². The third-order valence-electron chi connectivity index (χ3n) is 2.62. The van der Waals surface area contributed by atoms with Crippen LogP contribution in [0.2, 0.25) is 5.02 Å². The summed E-state index contributed by atoms with van der Waals surface area (Å²) >= 11 is 5.99. The van der Waals surface area contributed by atoms with Crippen molar-refractivity contribution < 1.29 is 14.3 Å². The van der Waals surface area contributed by atoms with Crippen molar-refractivity contribution in [3.05, 3.63) is 77.3 Å². The Kier molecular flexibility index (Phi) is 4.33. The maximum atomic E-state index is 12.2. The monoisotopic (exact) mass is 286 g/mol. The zero-order chi connectivity index (χ0) is 14.5. The number of hydrogen-bond acceptors (Lipinski definition) is 3. The van der Waals surface area contributed by atoms with E-state index in [2.05, 4.69) is 6.58 Å². The van der Waals surface area contributed by atoms with Gasteiger partial charge in [-0.1, -0.05) is 30.3 Å². The van der Waals surface area contributed by atoms with Gasteiger partial charge in [0.05, 0.1) is 5.02 Å². The molecule has 0 atom stereocenters. The summed E-state index contributed by atoms with van der Waals surface area (Å²) in [5, 5.41) is 0.402. The first-order valence-corrected chi connectivity index (χ1v) is 6.23. The van der Waals surface area contributed by atoms with Gasteiger partial charge < -0.3 is 4.74 Å². The number of esters is 1. The van der Waals surface area contributed by atoms with Crippen molar-refractivity contribution in [2.24, 2.45) is 0 Å². The molecule has 0 heterocycles. The largest absolute Gasteiger partial charge is 0.423 e. The maximum Gasteiger partial charge on any atom is 0.335 e. The summed E-state index contributed by atoms with van der Waals surface area (Å²) in [4.78, 5) is 23.3. The molecule has 0 spiro atoms. The van der Waals surface area contributed by atoms with Crippen LogP contribution >= 0.6 is 11.6 Å². The van der Waals surface area contributed by atoms with E-state index in [4.69, 9.17) is 16.3 Å². The zero-order valence-electron chi connectivity index (χ0n) is 10.5. The van der Waals surface area contributed by atoms with Crippen LogP contribution in [0.15, 0.2) is 61.2 Å². The molecule has 4 heteroatoms. The molecule has 0 bridgehead atoms. The highest BCUT2D eigenvalue weighted by Gasteiger charge is 2.12. The van der Waals surface area contributed by atoms with Crippen molar-refractivity contribution in [3.8, 4) is 5.75 Å². The lowest BCUT2D eigenvalue weighted by Crippen LogP contribution is -2.04. The Bertz CT molecular complexity index is 660. The van der Waals surface area contributed by atoms with E-state index < -0.39 is 5.97 Å². The van der Waals surface area contributed by atoms with Gasteiger partial charge in [0.1, 0.15) is 5.75 Å². The SMILES string of the molecule is C=CC(=O)Oc1ccc(C(=O)c2ccccc2Cl)cc1. The fourth-order valence-electron chi connectivity index (χ4n) is 1.63. The van der Waals surface area contributed by atoms with Gasteiger partial charge in [0.25, 0.3) is 0 Å². The van der Waals surface area contributed by atoms with Crippen LogP contribution in [0.4, 0.5) is 0 Å². The molecule has 0 N–H and O–H groups in total. The first-order chi connectivity index (χ1) is 9.61. The lowest BCUT2D eigenvalue weighted by molar-refractivity contribution is -0.128. The van der Waals surface area contributed by atoms with Crippen molar-refractivity contribution in [1.82, 2.24) is 0 Å².